The highest BCUT2D eigenvalue weighted by Gasteiger charge is 2.49. The Kier molecular flexibility index (Phi) is 3.83. The molecule has 2 unspecified atom stereocenters. The fourth-order valence-corrected chi connectivity index (χ4v) is 3.66. The molecule has 1 N–H and O–H groups in total. The molecule has 0 aromatic heterocycles. The van der Waals surface area contributed by atoms with E-state index < -0.39 is 12.0 Å². The number of aliphatic hydroxyl groups is 1. The summed E-state index contributed by atoms with van der Waals surface area (Å²) in [5, 5.41) is 10.2. The lowest BCUT2D eigenvalue weighted by Crippen LogP contribution is -2.50. The largest absolute Gasteiger partial charge is 0.384 e. The van der Waals surface area contributed by atoms with Gasteiger partial charge in [-0.2, -0.15) is 0 Å². The van der Waals surface area contributed by atoms with E-state index in [1.165, 1.54) is 6.42 Å². The Balaban J connectivity index is 2.09. The first-order valence-electron chi connectivity index (χ1n) is 6.65. The van der Waals surface area contributed by atoms with E-state index in [2.05, 4.69) is 0 Å². The van der Waals surface area contributed by atoms with Gasteiger partial charge in [-0.05, 0) is 24.7 Å². The molecule has 0 saturated heterocycles. The molecule has 2 aliphatic carbocycles. The normalized spacial score (nSPS) is 37.9. The van der Waals surface area contributed by atoms with Gasteiger partial charge in [0.15, 0.2) is 0 Å². The van der Waals surface area contributed by atoms with Gasteiger partial charge in [-0.15, -0.1) is 0 Å². The van der Waals surface area contributed by atoms with Gasteiger partial charge < -0.3 is 5.11 Å². The summed E-state index contributed by atoms with van der Waals surface area (Å²) < 4.78 is 26.1. The predicted octanol–water partition coefficient (Wildman–Crippen LogP) is 3.75. The first kappa shape index (κ1) is 12.3. The highest BCUT2D eigenvalue weighted by Crippen LogP contribution is 2.46. The minimum Gasteiger partial charge on any atom is -0.384 e. The summed E-state index contributed by atoms with van der Waals surface area (Å²) in [6.07, 6.45) is 5.91. The minimum atomic E-state index is -2.57. The van der Waals surface area contributed by atoms with Gasteiger partial charge in [0.05, 0.1) is 0 Å². The SMILES string of the molecule is OC1(C(F)F)CCCCC1C1CCCCC1. The predicted molar refractivity (Wildman–Crippen MR) is 59.5 cm³/mol. The average molecular weight is 232 g/mol. The summed E-state index contributed by atoms with van der Waals surface area (Å²) in [6.45, 7) is 0. The molecule has 0 spiro atoms. The van der Waals surface area contributed by atoms with Crippen LogP contribution in [0.15, 0.2) is 0 Å². The minimum absolute atomic E-state index is 0.151. The highest BCUT2D eigenvalue weighted by atomic mass is 19.3. The van der Waals surface area contributed by atoms with Gasteiger partial charge in [0.2, 0.25) is 0 Å². The van der Waals surface area contributed by atoms with Gasteiger partial charge in [0, 0.05) is 0 Å². The smallest absolute Gasteiger partial charge is 0.267 e. The monoisotopic (exact) mass is 232 g/mol. The van der Waals surface area contributed by atoms with Gasteiger partial charge in [0.25, 0.3) is 6.43 Å². The Morgan fingerprint density at radius 3 is 2.19 bits per heavy atom. The standard InChI is InChI=1S/C13H22F2O/c14-12(15)13(16)9-5-4-8-11(13)10-6-2-1-3-7-10/h10-12,16H,1-9H2. The molecular formula is C13H22F2O. The van der Waals surface area contributed by atoms with E-state index in [-0.39, 0.29) is 5.92 Å². The van der Waals surface area contributed by atoms with Crippen molar-refractivity contribution in [3.8, 4) is 0 Å². The molecule has 2 atom stereocenters. The van der Waals surface area contributed by atoms with Crippen LogP contribution in [0.3, 0.4) is 0 Å². The molecule has 2 fully saturated rings. The van der Waals surface area contributed by atoms with E-state index in [1.807, 2.05) is 0 Å². The zero-order valence-corrected chi connectivity index (χ0v) is 9.80. The number of alkyl halides is 2. The molecular weight excluding hydrogens is 210 g/mol. The van der Waals surface area contributed by atoms with Crippen LogP contribution in [0.2, 0.25) is 0 Å². The van der Waals surface area contributed by atoms with Crippen LogP contribution in [0.4, 0.5) is 8.78 Å². The fraction of sp³-hybridized carbons (Fsp3) is 1.00. The zero-order valence-electron chi connectivity index (χ0n) is 9.80. The molecule has 0 bridgehead atoms. The Morgan fingerprint density at radius 1 is 0.938 bits per heavy atom. The van der Waals surface area contributed by atoms with Gasteiger partial charge in [0.1, 0.15) is 5.60 Å². The molecule has 2 rings (SSSR count). The van der Waals surface area contributed by atoms with Gasteiger partial charge in [-0.25, -0.2) is 8.78 Å². The van der Waals surface area contributed by atoms with Crippen molar-refractivity contribution in [2.45, 2.75) is 69.8 Å². The number of rotatable bonds is 2. The summed E-state index contributed by atoms with van der Waals surface area (Å²) in [7, 11) is 0. The third-order valence-electron chi connectivity index (χ3n) is 4.58. The van der Waals surface area contributed by atoms with E-state index in [0.29, 0.717) is 12.3 Å². The Hall–Kier alpha value is -0.180. The summed E-state index contributed by atoms with van der Waals surface area (Å²) in [4.78, 5) is 0. The molecule has 0 amide bonds. The summed E-state index contributed by atoms with van der Waals surface area (Å²) in [5.41, 5.74) is -1.68. The van der Waals surface area contributed by atoms with Gasteiger partial charge in [-0.3, -0.25) is 0 Å². The number of halogens is 2. The number of hydrogen-bond acceptors (Lipinski definition) is 1. The van der Waals surface area contributed by atoms with Crippen LogP contribution in [0.5, 0.6) is 0 Å². The van der Waals surface area contributed by atoms with E-state index in [9.17, 15) is 13.9 Å². The molecule has 0 radical (unpaired) electrons. The van der Waals surface area contributed by atoms with Crippen LogP contribution in [0.1, 0.15) is 57.8 Å². The van der Waals surface area contributed by atoms with Crippen molar-refractivity contribution in [1.29, 1.82) is 0 Å². The molecule has 0 aromatic carbocycles. The van der Waals surface area contributed by atoms with Crippen LogP contribution < -0.4 is 0 Å². The first-order valence-corrected chi connectivity index (χ1v) is 6.65. The van der Waals surface area contributed by atoms with Crippen LogP contribution in [0.25, 0.3) is 0 Å². The maximum Gasteiger partial charge on any atom is 0.267 e. The quantitative estimate of drug-likeness (QED) is 0.768. The van der Waals surface area contributed by atoms with Crippen LogP contribution in [0, 0.1) is 11.8 Å². The van der Waals surface area contributed by atoms with Crippen molar-refractivity contribution < 1.29 is 13.9 Å². The second-order valence-corrected chi connectivity index (χ2v) is 5.54. The van der Waals surface area contributed by atoms with E-state index in [0.717, 1.165) is 44.9 Å². The van der Waals surface area contributed by atoms with Crippen molar-refractivity contribution in [1.82, 2.24) is 0 Å². The molecule has 16 heavy (non-hydrogen) atoms. The molecule has 2 aliphatic rings. The van der Waals surface area contributed by atoms with Crippen LogP contribution in [-0.4, -0.2) is 17.1 Å². The van der Waals surface area contributed by atoms with E-state index in [4.69, 9.17) is 0 Å². The van der Waals surface area contributed by atoms with Crippen LogP contribution >= 0.6 is 0 Å². The lowest BCUT2D eigenvalue weighted by atomic mass is 9.65. The second-order valence-electron chi connectivity index (χ2n) is 5.54. The Bertz CT molecular complexity index is 226. The Labute approximate surface area is 96.2 Å². The molecule has 3 heteroatoms. The topological polar surface area (TPSA) is 20.2 Å². The molecule has 0 aromatic rings. The number of hydrogen-bond donors (Lipinski definition) is 1. The molecule has 2 saturated carbocycles. The van der Waals surface area contributed by atoms with Crippen molar-refractivity contribution in [3.05, 3.63) is 0 Å². The molecule has 1 nitrogen and oxygen atoms in total. The summed E-state index contributed by atoms with van der Waals surface area (Å²) >= 11 is 0. The van der Waals surface area contributed by atoms with Crippen molar-refractivity contribution in [2.75, 3.05) is 0 Å². The van der Waals surface area contributed by atoms with E-state index in [1.54, 1.807) is 0 Å². The second kappa shape index (κ2) is 4.99. The molecule has 0 aliphatic heterocycles. The van der Waals surface area contributed by atoms with Crippen molar-refractivity contribution in [2.24, 2.45) is 11.8 Å². The third kappa shape index (κ3) is 2.24. The van der Waals surface area contributed by atoms with Crippen molar-refractivity contribution >= 4 is 0 Å². The van der Waals surface area contributed by atoms with Gasteiger partial charge in [-0.1, -0.05) is 44.9 Å². The first-order chi connectivity index (χ1) is 7.64. The summed E-state index contributed by atoms with van der Waals surface area (Å²) in [6, 6.07) is 0. The highest BCUT2D eigenvalue weighted by molar-refractivity contribution is 4.95. The maximum absolute atomic E-state index is 13.1. The van der Waals surface area contributed by atoms with Gasteiger partial charge >= 0.3 is 0 Å². The fourth-order valence-electron chi connectivity index (χ4n) is 3.66. The van der Waals surface area contributed by atoms with Crippen molar-refractivity contribution in [3.63, 3.8) is 0 Å². The van der Waals surface area contributed by atoms with Crippen LogP contribution in [-0.2, 0) is 0 Å². The lowest BCUT2D eigenvalue weighted by molar-refractivity contribution is -0.166. The molecule has 94 valence electrons. The van der Waals surface area contributed by atoms with E-state index >= 15 is 0 Å². The summed E-state index contributed by atoms with van der Waals surface area (Å²) in [5.74, 6) is 0.189. The maximum atomic E-state index is 13.1. The third-order valence-corrected chi connectivity index (χ3v) is 4.58. The zero-order chi connectivity index (χ0) is 11.6. The Morgan fingerprint density at radius 2 is 1.56 bits per heavy atom. The lowest BCUT2D eigenvalue weighted by Gasteiger charge is -2.44. The average Bonchev–Trinajstić information content (AvgIpc) is 2.30. The molecule has 0 heterocycles.